The minimum Gasteiger partial charge on any atom is -0.492 e. The fourth-order valence-electron chi connectivity index (χ4n) is 3.65. The van der Waals surface area contributed by atoms with E-state index in [1.807, 2.05) is 24.3 Å². The zero-order valence-corrected chi connectivity index (χ0v) is 13.6. The fraction of sp³-hybridized carbons (Fsp3) is 0.625. The molecule has 1 aromatic rings. The largest absolute Gasteiger partial charge is 0.492 e. The number of ether oxygens (including phenoxy) is 3. The highest BCUT2D eigenvalue weighted by molar-refractivity contribution is 7.89. The van der Waals surface area contributed by atoms with Gasteiger partial charge in [0, 0.05) is 5.92 Å². The molecule has 0 amide bonds. The molecule has 4 atom stereocenters. The van der Waals surface area contributed by atoms with Crippen molar-refractivity contribution in [2.75, 3.05) is 25.6 Å². The smallest absolute Gasteiger partial charge is 0.214 e. The van der Waals surface area contributed by atoms with Crippen molar-refractivity contribution < 1.29 is 22.6 Å². The number of hydrogen-bond acceptors (Lipinski definition) is 5. The van der Waals surface area contributed by atoms with E-state index < -0.39 is 10.0 Å². The molecule has 3 aliphatic heterocycles. The van der Waals surface area contributed by atoms with Crippen LogP contribution in [0.5, 0.6) is 5.75 Å². The molecule has 0 spiro atoms. The van der Waals surface area contributed by atoms with Crippen molar-refractivity contribution in [3.05, 3.63) is 29.8 Å². The van der Waals surface area contributed by atoms with Gasteiger partial charge in [-0.1, -0.05) is 18.2 Å². The third kappa shape index (κ3) is 3.38. The van der Waals surface area contributed by atoms with Gasteiger partial charge in [-0.05, 0) is 24.5 Å². The molecule has 0 aromatic heterocycles. The quantitative estimate of drug-likeness (QED) is 0.875. The molecular weight excluding hydrogens is 318 g/mol. The van der Waals surface area contributed by atoms with Gasteiger partial charge in [-0.15, -0.1) is 0 Å². The van der Waals surface area contributed by atoms with E-state index in [9.17, 15) is 8.42 Å². The average molecular weight is 339 g/mol. The standard InChI is InChI=1S/C16H21NO5S/c18-23(19,10-14-6-12-7-20-9-16(12)22-14)17-13-5-11-3-1-2-4-15(11)21-8-13/h1-4,12-14,16-17H,5-10H2/t12-,13?,14?,16+/m1/s1. The summed E-state index contributed by atoms with van der Waals surface area (Å²) in [4.78, 5) is 0. The topological polar surface area (TPSA) is 73.9 Å². The Morgan fingerprint density at radius 3 is 2.91 bits per heavy atom. The van der Waals surface area contributed by atoms with E-state index in [1.165, 1.54) is 0 Å². The Bertz CT molecular complexity index is 665. The van der Waals surface area contributed by atoms with Crippen LogP contribution in [0.2, 0.25) is 0 Å². The fourth-order valence-corrected chi connectivity index (χ4v) is 5.11. The molecule has 0 aliphatic carbocycles. The van der Waals surface area contributed by atoms with Crippen molar-refractivity contribution in [2.45, 2.75) is 31.1 Å². The predicted octanol–water partition coefficient (Wildman–Crippen LogP) is 0.713. The minimum atomic E-state index is -3.39. The van der Waals surface area contributed by atoms with Gasteiger partial charge in [-0.25, -0.2) is 13.1 Å². The van der Waals surface area contributed by atoms with Crippen LogP contribution in [-0.2, 0) is 25.9 Å². The summed E-state index contributed by atoms with van der Waals surface area (Å²) in [5, 5.41) is 0. The molecule has 2 unspecified atom stereocenters. The normalized spacial score (nSPS) is 33.0. The van der Waals surface area contributed by atoms with Gasteiger partial charge in [0.25, 0.3) is 0 Å². The maximum atomic E-state index is 12.4. The van der Waals surface area contributed by atoms with Crippen LogP contribution in [0.25, 0.3) is 0 Å². The Morgan fingerprint density at radius 2 is 2.04 bits per heavy atom. The van der Waals surface area contributed by atoms with Gasteiger partial charge >= 0.3 is 0 Å². The average Bonchev–Trinajstić information content (AvgIpc) is 3.07. The van der Waals surface area contributed by atoms with E-state index in [1.54, 1.807) is 0 Å². The highest BCUT2D eigenvalue weighted by Gasteiger charge is 2.41. The van der Waals surface area contributed by atoms with Crippen molar-refractivity contribution in [3.63, 3.8) is 0 Å². The monoisotopic (exact) mass is 339 g/mol. The Kier molecular flexibility index (Phi) is 4.05. The lowest BCUT2D eigenvalue weighted by Crippen LogP contribution is -2.45. The van der Waals surface area contributed by atoms with E-state index in [4.69, 9.17) is 14.2 Å². The third-order valence-corrected chi connectivity index (χ3v) is 6.21. The van der Waals surface area contributed by atoms with Gasteiger partial charge < -0.3 is 14.2 Å². The Morgan fingerprint density at radius 1 is 1.17 bits per heavy atom. The first-order valence-corrected chi connectivity index (χ1v) is 9.68. The van der Waals surface area contributed by atoms with Gasteiger partial charge in [0.1, 0.15) is 12.4 Å². The number of para-hydroxylation sites is 1. The summed E-state index contributed by atoms with van der Waals surface area (Å²) in [6.45, 7) is 1.63. The predicted molar refractivity (Wildman–Crippen MR) is 83.9 cm³/mol. The van der Waals surface area contributed by atoms with Gasteiger partial charge in [0.15, 0.2) is 0 Å². The maximum Gasteiger partial charge on any atom is 0.214 e. The number of sulfonamides is 1. The molecule has 4 rings (SSSR count). The summed E-state index contributed by atoms with van der Waals surface area (Å²) in [6.07, 6.45) is 1.25. The van der Waals surface area contributed by atoms with Crippen LogP contribution in [0, 0.1) is 5.92 Å². The van der Waals surface area contributed by atoms with Crippen molar-refractivity contribution in [3.8, 4) is 5.75 Å². The lowest BCUT2D eigenvalue weighted by Gasteiger charge is -2.26. The van der Waals surface area contributed by atoms with Crippen LogP contribution >= 0.6 is 0 Å². The molecule has 0 bridgehead atoms. The summed E-state index contributed by atoms with van der Waals surface area (Å²) in [6, 6.07) is 7.51. The number of hydrogen-bond donors (Lipinski definition) is 1. The second-order valence-electron chi connectivity index (χ2n) is 6.55. The Labute approximate surface area is 136 Å². The van der Waals surface area contributed by atoms with E-state index in [-0.39, 0.29) is 24.0 Å². The van der Waals surface area contributed by atoms with E-state index >= 15 is 0 Å². The lowest BCUT2D eigenvalue weighted by atomic mass is 10.0. The molecule has 0 saturated carbocycles. The summed E-state index contributed by atoms with van der Waals surface area (Å²) >= 11 is 0. The first kappa shape index (κ1) is 15.4. The lowest BCUT2D eigenvalue weighted by molar-refractivity contribution is 0.0298. The highest BCUT2D eigenvalue weighted by atomic mass is 32.2. The zero-order valence-electron chi connectivity index (χ0n) is 12.8. The molecule has 0 radical (unpaired) electrons. The molecule has 3 aliphatic rings. The number of rotatable bonds is 4. The van der Waals surface area contributed by atoms with Crippen molar-refractivity contribution in [2.24, 2.45) is 5.92 Å². The van der Waals surface area contributed by atoms with E-state index in [0.717, 1.165) is 17.7 Å². The summed E-state index contributed by atoms with van der Waals surface area (Å²) < 4.78 is 44.3. The molecule has 2 fully saturated rings. The van der Waals surface area contributed by atoms with Crippen LogP contribution in [0.4, 0.5) is 0 Å². The van der Waals surface area contributed by atoms with Crippen LogP contribution in [0.3, 0.4) is 0 Å². The Balaban J connectivity index is 1.35. The van der Waals surface area contributed by atoms with Crippen LogP contribution in [0.1, 0.15) is 12.0 Å². The van der Waals surface area contributed by atoms with E-state index in [2.05, 4.69) is 4.72 Å². The molecule has 126 valence electrons. The highest BCUT2D eigenvalue weighted by Crippen LogP contribution is 2.32. The molecular formula is C16H21NO5S. The Hall–Kier alpha value is -1.15. The van der Waals surface area contributed by atoms with Crippen LogP contribution in [0.15, 0.2) is 24.3 Å². The first-order chi connectivity index (χ1) is 11.1. The zero-order chi connectivity index (χ0) is 15.9. The second-order valence-corrected chi connectivity index (χ2v) is 8.35. The van der Waals surface area contributed by atoms with Crippen molar-refractivity contribution >= 4 is 10.0 Å². The van der Waals surface area contributed by atoms with Crippen molar-refractivity contribution in [1.82, 2.24) is 4.72 Å². The number of benzene rings is 1. The van der Waals surface area contributed by atoms with Gasteiger partial charge in [0.2, 0.25) is 10.0 Å². The molecule has 3 heterocycles. The first-order valence-electron chi connectivity index (χ1n) is 8.03. The minimum absolute atomic E-state index is 0.0121. The molecule has 7 heteroatoms. The molecule has 2 saturated heterocycles. The maximum absolute atomic E-state index is 12.4. The number of fused-ring (bicyclic) bond motifs is 2. The summed E-state index contributed by atoms with van der Waals surface area (Å²) in [5.74, 6) is 1.20. The summed E-state index contributed by atoms with van der Waals surface area (Å²) in [5.41, 5.74) is 1.04. The SMILES string of the molecule is O=S(=O)(CC1C[C@@H]2COC[C@@H]2O1)NC1COc2ccccc2C1. The molecule has 6 nitrogen and oxygen atoms in total. The van der Waals surface area contributed by atoms with Gasteiger partial charge in [-0.2, -0.15) is 0 Å². The van der Waals surface area contributed by atoms with Crippen molar-refractivity contribution in [1.29, 1.82) is 0 Å². The van der Waals surface area contributed by atoms with Crippen LogP contribution in [-0.4, -0.2) is 52.2 Å². The number of nitrogens with one attached hydrogen (secondary N) is 1. The summed E-state index contributed by atoms with van der Waals surface area (Å²) in [7, 11) is -3.39. The third-order valence-electron chi connectivity index (χ3n) is 4.70. The molecule has 1 aromatic carbocycles. The van der Waals surface area contributed by atoms with Gasteiger partial charge in [-0.3, -0.25) is 0 Å². The second kappa shape index (κ2) is 6.05. The van der Waals surface area contributed by atoms with Crippen LogP contribution < -0.4 is 9.46 Å². The van der Waals surface area contributed by atoms with E-state index in [0.29, 0.717) is 32.2 Å². The van der Waals surface area contributed by atoms with Gasteiger partial charge in [0.05, 0.1) is 37.2 Å². The molecule has 1 N–H and O–H groups in total. The molecule has 23 heavy (non-hydrogen) atoms.